The summed E-state index contributed by atoms with van der Waals surface area (Å²) in [7, 11) is 1.45. The maximum Gasteiger partial charge on any atom is 0.327 e. The van der Waals surface area contributed by atoms with Gasteiger partial charge in [-0.05, 0) is 29.7 Å². The van der Waals surface area contributed by atoms with Crippen molar-refractivity contribution < 1.29 is 9.53 Å². The van der Waals surface area contributed by atoms with Gasteiger partial charge in [0, 0.05) is 6.04 Å². The molecule has 0 bridgehead atoms. The van der Waals surface area contributed by atoms with Crippen LogP contribution >= 0.6 is 0 Å². The van der Waals surface area contributed by atoms with Crippen LogP contribution in [0.1, 0.15) is 57.6 Å². The number of rotatable bonds is 7. The Labute approximate surface area is 146 Å². The SMILES string of the molecule is C=CC(C)(C)[C@H](N[C@H](C(=O)OC)c1ccccc1)C1CCCCC1. The Bertz CT molecular complexity index is 532. The van der Waals surface area contributed by atoms with Crippen LogP contribution in [0.15, 0.2) is 43.0 Å². The van der Waals surface area contributed by atoms with Crippen molar-refractivity contribution in [3.8, 4) is 0 Å². The van der Waals surface area contributed by atoms with Gasteiger partial charge in [0.15, 0.2) is 0 Å². The minimum atomic E-state index is -0.442. The van der Waals surface area contributed by atoms with Gasteiger partial charge in [-0.2, -0.15) is 0 Å². The number of carbonyl (C=O) groups is 1. The van der Waals surface area contributed by atoms with Crippen LogP contribution in [0.2, 0.25) is 0 Å². The smallest absolute Gasteiger partial charge is 0.327 e. The van der Waals surface area contributed by atoms with Gasteiger partial charge in [0.1, 0.15) is 6.04 Å². The van der Waals surface area contributed by atoms with Gasteiger partial charge in [0.2, 0.25) is 0 Å². The molecule has 1 aliphatic carbocycles. The molecule has 2 rings (SSSR count). The third-order valence-electron chi connectivity index (χ3n) is 5.36. The van der Waals surface area contributed by atoms with E-state index in [4.69, 9.17) is 4.74 Å². The summed E-state index contributed by atoms with van der Waals surface area (Å²) < 4.78 is 5.07. The molecular formula is C21H31NO2. The number of hydrogen-bond donors (Lipinski definition) is 1. The first kappa shape index (κ1) is 18.7. The maximum atomic E-state index is 12.4. The second-order valence-corrected chi connectivity index (χ2v) is 7.43. The third-order valence-corrected chi connectivity index (χ3v) is 5.36. The molecule has 0 aliphatic heterocycles. The molecule has 0 spiro atoms. The molecule has 0 saturated heterocycles. The van der Waals surface area contributed by atoms with Crippen molar-refractivity contribution in [1.82, 2.24) is 5.32 Å². The van der Waals surface area contributed by atoms with Crippen LogP contribution in [0, 0.1) is 11.3 Å². The van der Waals surface area contributed by atoms with Gasteiger partial charge in [-0.3, -0.25) is 5.32 Å². The van der Waals surface area contributed by atoms with E-state index in [0.29, 0.717) is 5.92 Å². The van der Waals surface area contributed by atoms with E-state index in [2.05, 4.69) is 25.7 Å². The van der Waals surface area contributed by atoms with E-state index >= 15 is 0 Å². The first-order chi connectivity index (χ1) is 11.5. The predicted octanol–water partition coefficient (Wildman–Crippen LogP) is 4.65. The van der Waals surface area contributed by atoms with Crippen molar-refractivity contribution in [3.63, 3.8) is 0 Å². The summed E-state index contributed by atoms with van der Waals surface area (Å²) in [4.78, 5) is 12.4. The number of ether oxygens (including phenoxy) is 1. The molecule has 0 amide bonds. The van der Waals surface area contributed by atoms with E-state index in [1.165, 1.54) is 39.2 Å². The van der Waals surface area contributed by atoms with Crippen molar-refractivity contribution >= 4 is 5.97 Å². The van der Waals surface area contributed by atoms with E-state index in [0.717, 1.165) is 5.56 Å². The van der Waals surface area contributed by atoms with E-state index in [1.54, 1.807) is 0 Å². The quantitative estimate of drug-likeness (QED) is 0.584. The predicted molar refractivity (Wildman–Crippen MR) is 98.7 cm³/mol. The number of esters is 1. The molecule has 0 radical (unpaired) electrons. The lowest BCUT2D eigenvalue weighted by Gasteiger charge is -2.42. The van der Waals surface area contributed by atoms with Crippen LogP contribution in [0.4, 0.5) is 0 Å². The molecule has 1 saturated carbocycles. The Balaban J connectivity index is 2.29. The number of benzene rings is 1. The Morgan fingerprint density at radius 3 is 2.42 bits per heavy atom. The first-order valence-electron chi connectivity index (χ1n) is 9.02. The van der Waals surface area contributed by atoms with Crippen LogP contribution in [0.3, 0.4) is 0 Å². The van der Waals surface area contributed by atoms with Gasteiger partial charge >= 0.3 is 5.97 Å². The highest BCUT2D eigenvalue weighted by Crippen LogP contribution is 2.37. The Kier molecular flexibility index (Phi) is 6.61. The number of hydrogen-bond acceptors (Lipinski definition) is 3. The maximum absolute atomic E-state index is 12.4. The second kappa shape index (κ2) is 8.48. The van der Waals surface area contributed by atoms with Gasteiger partial charge in [-0.1, -0.05) is 69.5 Å². The van der Waals surface area contributed by atoms with Gasteiger partial charge in [-0.25, -0.2) is 4.79 Å². The third kappa shape index (κ3) is 4.47. The molecule has 1 aromatic rings. The fraction of sp³-hybridized carbons (Fsp3) is 0.571. The van der Waals surface area contributed by atoms with Crippen molar-refractivity contribution in [2.24, 2.45) is 11.3 Å². The molecule has 3 heteroatoms. The van der Waals surface area contributed by atoms with Crippen molar-refractivity contribution in [3.05, 3.63) is 48.6 Å². The average molecular weight is 329 g/mol. The average Bonchev–Trinajstić information content (AvgIpc) is 2.63. The lowest BCUT2D eigenvalue weighted by atomic mass is 9.71. The highest BCUT2D eigenvalue weighted by molar-refractivity contribution is 5.77. The van der Waals surface area contributed by atoms with Crippen molar-refractivity contribution in [2.75, 3.05) is 7.11 Å². The normalized spacial score (nSPS) is 18.6. The molecule has 1 fully saturated rings. The lowest BCUT2D eigenvalue weighted by molar-refractivity contribution is -0.144. The molecule has 0 aromatic heterocycles. The van der Waals surface area contributed by atoms with Crippen molar-refractivity contribution in [2.45, 2.75) is 58.0 Å². The number of carbonyl (C=O) groups excluding carboxylic acids is 1. The Morgan fingerprint density at radius 2 is 1.88 bits per heavy atom. The molecule has 3 nitrogen and oxygen atoms in total. The second-order valence-electron chi connectivity index (χ2n) is 7.43. The minimum Gasteiger partial charge on any atom is -0.468 e. The lowest BCUT2D eigenvalue weighted by Crippen LogP contribution is -2.50. The van der Waals surface area contributed by atoms with Crippen LogP contribution < -0.4 is 5.32 Å². The standard InChI is InChI=1S/C21H31NO2/c1-5-21(2,3)19(17-14-10-7-11-15-17)22-18(20(23)24-4)16-12-8-6-9-13-16/h5-6,8-9,12-13,17-19,22H,1,7,10-11,14-15H2,2-4H3/t18-,19+/m0/s1. The summed E-state index contributed by atoms with van der Waals surface area (Å²) in [6, 6.07) is 9.59. The van der Waals surface area contributed by atoms with Gasteiger partial charge in [0.05, 0.1) is 7.11 Å². The fourth-order valence-corrected chi connectivity index (χ4v) is 3.80. The van der Waals surface area contributed by atoms with Gasteiger partial charge in [0.25, 0.3) is 0 Å². The molecule has 24 heavy (non-hydrogen) atoms. The Morgan fingerprint density at radius 1 is 1.25 bits per heavy atom. The van der Waals surface area contributed by atoms with Crippen molar-refractivity contribution in [1.29, 1.82) is 0 Å². The molecular weight excluding hydrogens is 298 g/mol. The zero-order valence-corrected chi connectivity index (χ0v) is 15.3. The highest BCUT2D eigenvalue weighted by Gasteiger charge is 2.37. The van der Waals surface area contributed by atoms with Gasteiger partial charge in [-0.15, -0.1) is 6.58 Å². The zero-order chi connectivity index (χ0) is 17.6. The minimum absolute atomic E-state index is 0.0942. The van der Waals surface area contributed by atoms with Crippen LogP contribution in [-0.2, 0) is 9.53 Å². The Hall–Kier alpha value is -1.61. The molecule has 1 aromatic carbocycles. The molecule has 2 atom stereocenters. The van der Waals surface area contributed by atoms with E-state index < -0.39 is 6.04 Å². The summed E-state index contributed by atoms with van der Waals surface area (Å²) >= 11 is 0. The monoisotopic (exact) mass is 329 g/mol. The summed E-state index contributed by atoms with van der Waals surface area (Å²) in [5.74, 6) is 0.324. The summed E-state index contributed by atoms with van der Waals surface area (Å²) in [5.41, 5.74) is 0.855. The van der Waals surface area contributed by atoms with Crippen LogP contribution in [0.25, 0.3) is 0 Å². The largest absolute Gasteiger partial charge is 0.468 e. The summed E-state index contributed by atoms with van der Waals surface area (Å²) in [6.45, 7) is 8.44. The zero-order valence-electron chi connectivity index (χ0n) is 15.3. The van der Waals surface area contributed by atoms with Crippen LogP contribution in [-0.4, -0.2) is 19.1 Å². The topological polar surface area (TPSA) is 38.3 Å². The van der Waals surface area contributed by atoms with Crippen LogP contribution in [0.5, 0.6) is 0 Å². The summed E-state index contributed by atoms with van der Waals surface area (Å²) in [5, 5.41) is 3.64. The first-order valence-corrected chi connectivity index (χ1v) is 9.02. The van der Waals surface area contributed by atoms with E-state index in [1.807, 2.05) is 36.4 Å². The number of nitrogens with one attached hydrogen (secondary N) is 1. The molecule has 132 valence electrons. The molecule has 1 N–H and O–H groups in total. The molecule has 0 unspecified atom stereocenters. The molecule has 0 heterocycles. The summed E-state index contributed by atoms with van der Waals surface area (Å²) in [6.07, 6.45) is 8.28. The highest BCUT2D eigenvalue weighted by atomic mass is 16.5. The van der Waals surface area contributed by atoms with E-state index in [-0.39, 0.29) is 17.4 Å². The molecule has 1 aliphatic rings. The van der Waals surface area contributed by atoms with Gasteiger partial charge < -0.3 is 4.74 Å². The fourth-order valence-electron chi connectivity index (χ4n) is 3.80. The van der Waals surface area contributed by atoms with E-state index in [9.17, 15) is 4.79 Å². The number of methoxy groups -OCH3 is 1.